The van der Waals surface area contributed by atoms with Crippen molar-refractivity contribution in [1.29, 1.82) is 0 Å². The molecule has 0 spiro atoms. The fourth-order valence-corrected chi connectivity index (χ4v) is 7.62. The lowest BCUT2D eigenvalue weighted by Crippen LogP contribution is -2.15. The molecule has 6 heteroatoms. The van der Waals surface area contributed by atoms with E-state index in [1.54, 1.807) is 6.20 Å². The summed E-state index contributed by atoms with van der Waals surface area (Å²) in [6.45, 7) is 4.53. The predicted molar refractivity (Wildman–Crippen MR) is 209 cm³/mol. The van der Waals surface area contributed by atoms with Crippen LogP contribution in [0, 0.1) is 0 Å². The largest absolute Gasteiger partial charge is 0.449 e. The van der Waals surface area contributed by atoms with Gasteiger partial charge in [0.1, 0.15) is 0 Å². The summed E-state index contributed by atoms with van der Waals surface area (Å²) in [7, 11) is 0. The summed E-state index contributed by atoms with van der Waals surface area (Å²) in [5.41, 5.74) is 11.2. The Morgan fingerprint density at radius 1 is 0.434 bits per heavy atom. The van der Waals surface area contributed by atoms with Gasteiger partial charge in [0.2, 0.25) is 0 Å². The van der Waals surface area contributed by atoms with Crippen molar-refractivity contribution in [2.75, 3.05) is 0 Å². The van der Waals surface area contributed by atoms with E-state index >= 15 is 0 Å². The predicted octanol–water partition coefficient (Wildman–Crippen LogP) is 11.8. The van der Waals surface area contributed by atoms with Gasteiger partial charge in [0, 0.05) is 39.4 Å². The molecule has 10 rings (SSSR count). The van der Waals surface area contributed by atoms with Gasteiger partial charge in [-0.3, -0.25) is 4.98 Å². The molecule has 2 aromatic heterocycles. The fourth-order valence-electron chi connectivity index (χ4n) is 7.62. The maximum atomic E-state index is 6.68. The standard InChI is InChI=1S/C47H32N4O2/c1-47(2)36-20-9-8-19-35(36)42-37(47)23-25-40-43(42)53-39-24-22-30(28-41(39)52-40)33-17-6-7-18-34(33)46-50-44(29-13-4-3-5-14-29)49-45(51-46)32-16-12-15-31(27-32)38-21-10-11-26-48-38/h3-28H,1-2H3. The quantitative estimate of drug-likeness (QED) is 0.180. The van der Waals surface area contributed by atoms with Gasteiger partial charge >= 0.3 is 0 Å². The molecule has 0 fully saturated rings. The monoisotopic (exact) mass is 684 g/mol. The molecule has 2 aliphatic rings. The summed E-state index contributed by atoms with van der Waals surface area (Å²) in [5, 5.41) is 0. The summed E-state index contributed by atoms with van der Waals surface area (Å²) < 4.78 is 13.3. The molecule has 0 saturated carbocycles. The summed E-state index contributed by atoms with van der Waals surface area (Å²) >= 11 is 0. The Morgan fingerprint density at radius 3 is 1.94 bits per heavy atom. The molecule has 0 bridgehead atoms. The maximum Gasteiger partial charge on any atom is 0.178 e. The lowest BCUT2D eigenvalue weighted by Gasteiger charge is -2.25. The van der Waals surface area contributed by atoms with E-state index in [1.165, 1.54) is 16.7 Å². The van der Waals surface area contributed by atoms with Crippen molar-refractivity contribution >= 4 is 0 Å². The highest BCUT2D eigenvalue weighted by Crippen LogP contribution is 2.58. The van der Waals surface area contributed by atoms with E-state index in [0.717, 1.165) is 50.4 Å². The Hall–Kier alpha value is -6.92. The first-order chi connectivity index (χ1) is 26.0. The highest BCUT2D eigenvalue weighted by atomic mass is 16.6. The Labute approximate surface area is 307 Å². The number of ether oxygens (including phenoxy) is 2. The van der Waals surface area contributed by atoms with Crippen molar-refractivity contribution in [3.05, 3.63) is 169 Å². The lowest BCUT2D eigenvalue weighted by atomic mass is 9.82. The topological polar surface area (TPSA) is 70.0 Å². The van der Waals surface area contributed by atoms with Crippen LogP contribution in [0.5, 0.6) is 23.0 Å². The van der Waals surface area contributed by atoms with E-state index in [9.17, 15) is 0 Å². The highest BCUT2D eigenvalue weighted by Gasteiger charge is 2.39. The molecule has 53 heavy (non-hydrogen) atoms. The van der Waals surface area contributed by atoms with E-state index in [0.29, 0.717) is 34.7 Å². The number of hydrogen-bond acceptors (Lipinski definition) is 6. The van der Waals surface area contributed by atoms with Gasteiger partial charge in [-0.1, -0.05) is 129 Å². The van der Waals surface area contributed by atoms with Gasteiger partial charge < -0.3 is 9.47 Å². The van der Waals surface area contributed by atoms with Gasteiger partial charge in [-0.15, -0.1) is 0 Å². The maximum absolute atomic E-state index is 6.68. The molecule has 0 radical (unpaired) electrons. The summed E-state index contributed by atoms with van der Waals surface area (Å²) in [6, 6.07) is 51.2. The molecule has 8 aromatic rings. The molecule has 6 nitrogen and oxygen atoms in total. The lowest BCUT2D eigenvalue weighted by molar-refractivity contribution is 0.360. The van der Waals surface area contributed by atoms with E-state index in [2.05, 4.69) is 79.5 Å². The molecular weight excluding hydrogens is 653 g/mol. The zero-order chi connectivity index (χ0) is 35.5. The summed E-state index contributed by atoms with van der Waals surface area (Å²) in [4.78, 5) is 19.7. The number of rotatable bonds is 5. The third-order valence-electron chi connectivity index (χ3n) is 10.3. The van der Waals surface area contributed by atoms with Crippen LogP contribution in [0.15, 0.2) is 158 Å². The molecule has 0 unspecified atom stereocenters. The van der Waals surface area contributed by atoms with Crippen molar-refractivity contribution in [3.8, 4) is 90.7 Å². The Bertz CT molecular complexity index is 2710. The number of fused-ring (bicyclic) bond motifs is 6. The molecule has 252 valence electrons. The third-order valence-corrected chi connectivity index (χ3v) is 10.3. The second kappa shape index (κ2) is 12.1. The first kappa shape index (κ1) is 30.9. The first-order valence-electron chi connectivity index (χ1n) is 17.7. The minimum atomic E-state index is -0.130. The van der Waals surface area contributed by atoms with E-state index in [-0.39, 0.29) is 5.41 Å². The van der Waals surface area contributed by atoms with Crippen LogP contribution in [0.4, 0.5) is 0 Å². The van der Waals surface area contributed by atoms with Crippen molar-refractivity contribution in [2.45, 2.75) is 19.3 Å². The van der Waals surface area contributed by atoms with Crippen molar-refractivity contribution in [2.24, 2.45) is 0 Å². The highest BCUT2D eigenvalue weighted by molar-refractivity contribution is 5.89. The van der Waals surface area contributed by atoms with Gasteiger partial charge in [-0.25, -0.2) is 15.0 Å². The van der Waals surface area contributed by atoms with Crippen LogP contribution >= 0.6 is 0 Å². The average Bonchev–Trinajstić information content (AvgIpc) is 3.46. The van der Waals surface area contributed by atoms with Crippen molar-refractivity contribution in [1.82, 2.24) is 19.9 Å². The van der Waals surface area contributed by atoms with Crippen LogP contribution < -0.4 is 9.47 Å². The number of nitrogens with zero attached hydrogens (tertiary/aromatic N) is 4. The van der Waals surface area contributed by atoms with Crippen molar-refractivity contribution in [3.63, 3.8) is 0 Å². The number of aromatic nitrogens is 4. The van der Waals surface area contributed by atoms with Gasteiger partial charge in [0.05, 0.1) is 5.69 Å². The number of benzene rings is 6. The van der Waals surface area contributed by atoms with E-state index < -0.39 is 0 Å². The SMILES string of the molecule is CC1(C)c2ccccc2-c2c1ccc1c2Oc2ccc(-c3ccccc3-c3nc(-c4ccccc4)nc(-c4cccc(-c5ccccn5)c4)n3)cc2O1. The minimum Gasteiger partial charge on any atom is -0.449 e. The van der Waals surface area contributed by atoms with Gasteiger partial charge in [0.25, 0.3) is 0 Å². The van der Waals surface area contributed by atoms with E-state index in [1.807, 2.05) is 91.0 Å². The van der Waals surface area contributed by atoms with Crippen LogP contribution in [0.3, 0.4) is 0 Å². The molecule has 6 aromatic carbocycles. The second-order valence-electron chi connectivity index (χ2n) is 13.9. The van der Waals surface area contributed by atoms with Crippen LogP contribution in [-0.4, -0.2) is 19.9 Å². The summed E-state index contributed by atoms with van der Waals surface area (Å²) in [5.74, 6) is 4.55. The van der Waals surface area contributed by atoms with Crippen LogP contribution in [0.2, 0.25) is 0 Å². The molecule has 0 amide bonds. The smallest absolute Gasteiger partial charge is 0.178 e. The van der Waals surface area contributed by atoms with Crippen molar-refractivity contribution < 1.29 is 9.47 Å². The number of pyridine rings is 1. The van der Waals surface area contributed by atoms with Gasteiger partial charge in [-0.2, -0.15) is 0 Å². The molecule has 0 saturated heterocycles. The van der Waals surface area contributed by atoms with Gasteiger partial charge in [0.15, 0.2) is 40.5 Å². The van der Waals surface area contributed by atoms with Gasteiger partial charge in [-0.05, 0) is 64.2 Å². The minimum absolute atomic E-state index is 0.130. The zero-order valence-electron chi connectivity index (χ0n) is 29.1. The second-order valence-corrected chi connectivity index (χ2v) is 13.9. The van der Waals surface area contributed by atoms with Crippen LogP contribution in [-0.2, 0) is 5.41 Å². The van der Waals surface area contributed by atoms with Crippen LogP contribution in [0.1, 0.15) is 25.0 Å². The molecule has 0 N–H and O–H groups in total. The fraction of sp³-hybridized carbons (Fsp3) is 0.0638. The Balaban J connectivity index is 1.06. The molecule has 3 heterocycles. The third kappa shape index (κ3) is 5.18. The molecular formula is C47H32N4O2. The molecule has 0 atom stereocenters. The van der Waals surface area contributed by atoms with E-state index in [4.69, 9.17) is 24.4 Å². The molecule has 1 aliphatic heterocycles. The number of hydrogen-bond donors (Lipinski definition) is 0. The normalized spacial score (nSPS) is 13.2. The summed E-state index contributed by atoms with van der Waals surface area (Å²) in [6.07, 6.45) is 1.80. The Kier molecular flexibility index (Phi) is 7.05. The Morgan fingerprint density at radius 2 is 1.11 bits per heavy atom. The average molecular weight is 685 g/mol. The first-order valence-corrected chi connectivity index (χ1v) is 17.7. The molecule has 1 aliphatic carbocycles. The van der Waals surface area contributed by atoms with Crippen LogP contribution in [0.25, 0.3) is 67.7 Å². The zero-order valence-corrected chi connectivity index (χ0v) is 29.1.